The molecule has 1 unspecified atom stereocenters. The van der Waals surface area contributed by atoms with Crippen LogP contribution in [0.5, 0.6) is 0 Å². The van der Waals surface area contributed by atoms with E-state index >= 15 is 0 Å². The van der Waals surface area contributed by atoms with Gasteiger partial charge in [-0.2, -0.15) is 0 Å². The van der Waals surface area contributed by atoms with Crippen molar-refractivity contribution < 1.29 is 4.79 Å². The molecule has 15 heavy (non-hydrogen) atoms. The summed E-state index contributed by atoms with van der Waals surface area (Å²) in [5.41, 5.74) is 5.51. The molecule has 6 heteroatoms. The summed E-state index contributed by atoms with van der Waals surface area (Å²) >= 11 is 1.40. The minimum Gasteiger partial charge on any atom is -0.327 e. The minimum absolute atomic E-state index is 0.114. The van der Waals surface area contributed by atoms with Gasteiger partial charge in [-0.25, -0.2) is 0 Å². The van der Waals surface area contributed by atoms with Crippen molar-refractivity contribution in [1.29, 1.82) is 0 Å². The Kier molecular flexibility index (Phi) is 4.16. The number of nitrogens with one attached hydrogen (secondary N) is 1. The van der Waals surface area contributed by atoms with E-state index in [2.05, 4.69) is 15.5 Å². The van der Waals surface area contributed by atoms with Crippen LogP contribution in [0.25, 0.3) is 0 Å². The summed E-state index contributed by atoms with van der Waals surface area (Å²) in [4.78, 5) is 11.3. The molecule has 0 fully saturated rings. The van der Waals surface area contributed by atoms with Crippen LogP contribution in [0, 0.1) is 0 Å². The van der Waals surface area contributed by atoms with Gasteiger partial charge in [0.1, 0.15) is 5.01 Å². The topological polar surface area (TPSA) is 80.9 Å². The van der Waals surface area contributed by atoms with Crippen molar-refractivity contribution in [2.75, 3.05) is 5.32 Å². The predicted molar refractivity (Wildman–Crippen MR) is 60.9 cm³/mol. The third-order valence-corrected chi connectivity index (χ3v) is 2.83. The van der Waals surface area contributed by atoms with E-state index in [1.807, 2.05) is 13.8 Å². The fraction of sp³-hybridized carbons (Fsp3) is 0.667. The summed E-state index contributed by atoms with van der Waals surface area (Å²) in [6.07, 6.45) is 0.302. The minimum atomic E-state index is -0.137. The van der Waals surface area contributed by atoms with Crippen LogP contribution in [0.1, 0.15) is 38.1 Å². The zero-order valence-electron chi connectivity index (χ0n) is 9.15. The predicted octanol–water partition coefficient (Wildman–Crippen LogP) is 1.34. The molecule has 1 atom stereocenters. The van der Waals surface area contributed by atoms with Crippen molar-refractivity contribution >= 4 is 22.4 Å². The first kappa shape index (κ1) is 12.1. The highest BCUT2D eigenvalue weighted by Crippen LogP contribution is 2.22. The van der Waals surface area contributed by atoms with E-state index in [1.54, 1.807) is 6.92 Å². The lowest BCUT2D eigenvalue weighted by molar-refractivity contribution is -0.116. The van der Waals surface area contributed by atoms with Gasteiger partial charge in [-0.15, -0.1) is 10.2 Å². The molecule has 5 nitrogen and oxygen atoms in total. The van der Waals surface area contributed by atoms with Crippen molar-refractivity contribution in [3.05, 3.63) is 5.01 Å². The summed E-state index contributed by atoms with van der Waals surface area (Å²) in [7, 11) is 0. The van der Waals surface area contributed by atoms with E-state index in [0.717, 1.165) is 5.01 Å². The number of rotatable bonds is 4. The molecule has 0 aliphatic rings. The largest absolute Gasteiger partial charge is 0.327 e. The Bertz CT molecular complexity index is 335. The molecule has 1 aromatic rings. The summed E-state index contributed by atoms with van der Waals surface area (Å²) in [5, 5.41) is 12.0. The van der Waals surface area contributed by atoms with Gasteiger partial charge in [0.25, 0.3) is 0 Å². The fourth-order valence-corrected chi connectivity index (χ4v) is 1.74. The molecular formula is C9H16N4OS. The number of carbonyl (C=O) groups is 1. The van der Waals surface area contributed by atoms with E-state index in [4.69, 9.17) is 5.73 Å². The van der Waals surface area contributed by atoms with Gasteiger partial charge in [0.2, 0.25) is 11.0 Å². The SMILES string of the molecule is CC(N)CC(=O)Nc1nnc(C(C)C)s1. The number of carbonyl (C=O) groups excluding carboxylic acids is 1. The molecule has 0 bridgehead atoms. The molecule has 0 saturated heterocycles. The second-order valence-corrected chi connectivity index (χ2v) is 4.84. The van der Waals surface area contributed by atoms with E-state index in [0.29, 0.717) is 17.5 Å². The molecule has 0 spiro atoms. The van der Waals surface area contributed by atoms with E-state index < -0.39 is 0 Å². The van der Waals surface area contributed by atoms with E-state index in [9.17, 15) is 4.79 Å². The number of anilines is 1. The molecule has 0 aliphatic carbocycles. The Hall–Kier alpha value is -1.01. The first-order valence-corrected chi connectivity index (χ1v) is 5.69. The molecule has 1 heterocycles. The van der Waals surface area contributed by atoms with Crippen LogP contribution < -0.4 is 11.1 Å². The molecule has 0 radical (unpaired) electrons. The Morgan fingerprint density at radius 3 is 2.60 bits per heavy atom. The number of nitrogens with two attached hydrogens (primary N) is 1. The second kappa shape index (κ2) is 5.18. The maximum Gasteiger partial charge on any atom is 0.227 e. The van der Waals surface area contributed by atoms with Gasteiger partial charge >= 0.3 is 0 Å². The first-order chi connectivity index (χ1) is 6.99. The highest BCUT2D eigenvalue weighted by molar-refractivity contribution is 7.15. The van der Waals surface area contributed by atoms with Gasteiger partial charge in [-0.1, -0.05) is 25.2 Å². The quantitative estimate of drug-likeness (QED) is 0.814. The Morgan fingerprint density at radius 1 is 1.47 bits per heavy atom. The standard InChI is InChI=1S/C9H16N4OS/c1-5(2)8-12-13-9(15-8)11-7(14)4-6(3)10/h5-6H,4,10H2,1-3H3,(H,11,13,14). The highest BCUT2D eigenvalue weighted by atomic mass is 32.1. The molecule has 0 aliphatic heterocycles. The summed E-state index contributed by atoms with van der Waals surface area (Å²) in [6.45, 7) is 5.86. The normalized spacial score (nSPS) is 12.9. The highest BCUT2D eigenvalue weighted by Gasteiger charge is 2.11. The number of amides is 1. The van der Waals surface area contributed by atoms with E-state index in [-0.39, 0.29) is 11.9 Å². The number of aromatic nitrogens is 2. The molecular weight excluding hydrogens is 212 g/mol. The average Bonchev–Trinajstić information content (AvgIpc) is 2.50. The molecule has 3 N–H and O–H groups in total. The Labute approximate surface area is 93.1 Å². The van der Waals surface area contributed by atoms with Crippen molar-refractivity contribution in [3.63, 3.8) is 0 Å². The summed E-state index contributed by atoms with van der Waals surface area (Å²) in [5.74, 6) is 0.220. The zero-order chi connectivity index (χ0) is 11.4. The molecule has 1 rings (SSSR count). The molecule has 0 aromatic carbocycles. The van der Waals surface area contributed by atoms with Gasteiger partial charge in [-0.3, -0.25) is 4.79 Å². The van der Waals surface area contributed by atoms with Gasteiger partial charge in [0.05, 0.1) is 0 Å². The number of hydrogen-bond acceptors (Lipinski definition) is 5. The van der Waals surface area contributed by atoms with Crippen LogP contribution >= 0.6 is 11.3 Å². The van der Waals surface area contributed by atoms with Crippen LogP contribution in [-0.4, -0.2) is 22.1 Å². The Morgan fingerprint density at radius 2 is 2.13 bits per heavy atom. The molecule has 1 amide bonds. The van der Waals surface area contributed by atoms with Gasteiger partial charge in [0.15, 0.2) is 0 Å². The average molecular weight is 228 g/mol. The maximum atomic E-state index is 11.3. The second-order valence-electron chi connectivity index (χ2n) is 3.83. The van der Waals surface area contributed by atoms with Crippen LogP contribution in [0.3, 0.4) is 0 Å². The lowest BCUT2D eigenvalue weighted by Crippen LogP contribution is -2.23. The lowest BCUT2D eigenvalue weighted by Gasteiger charge is -2.03. The summed E-state index contributed by atoms with van der Waals surface area (Å²) in [6, 6.07) is -0.137. The van der Waals surface area contributed by atoms with Crippen molar-refractivity contribution in [1.82, 2.24) is 10.2 Å². The van der Waals surface area contributed by atoms with Crippen LogP contribution in [0.15, 0.2) is 0 Å². The molecule has 84 valence electrons. The third kappa shape index (κ3) is 3.93. The van der Waals surface area contributed by atoms with Crippen LogP contribution in [0.4, 0.5) is 5.13 Å². The van der Waals surface area contributed by atoms with Crippen molar-refractivity contribution in [2.45, 2.75) is 39.2 Å². The smallest absolute Gasteiger partial charge is 0.227 e. The monoisotopic (exact) mass is 228 g/mol. The molecule has 0 saturated carbocycles. The first-order valence-electron chi connectivity index (χ1n) is 4.88. The molecule has 1 aromatic heterocycles. The third-order valence-electron chi connectivity index (χ3n) is 1.69. The van der Waals surface area contributed by atoms with E-state index in [1.165, 1.54) is 11.3 Å². The number of nitrogens with zero attached hydrogens (tertiary/aromatic N) is 2. The number of hydrogen-bond donors (Lipinski definition) is 2. The van der Waals surface area contributed by atoms with Gasteiger partial charge in [0, 0.05) is 18.4 Å². The van der Waals surface area contributed by atoms with Gasteiger partial charge < -0.3 is 11.1 Å². The maximum absolute atomic E-state index is 11.3. The van der Waals surface area contributed by atoms with Crippen LogP contribution in [0.2, 0.25) is 0 Å². The van der Waals surface area contributed by atoms with Gasteiger partial charge in [-0.05, 0) is 6.92 Å². The lowest BCUT2D eigenvalue weighted by atomic mass is 10.2. The summed E-state index contributed by atoms with van der Waals surface area (Å²) < 4.78 is 0. The van der Waals surface area contributed by atoms with Crippen molar-refractivity contribution in [3.8, 4) is 0 Å². The fourth-order valence-electron chi connectivity index (χ4n) is 0.981. The van der Waals surface area contributed by atoms with Crippen LogP contribution in [-0.2, 0) is 4.79 Å². The zero-order valence-corrected chi connectivity index (χ0v) is 9.97. The van der Waals surface area contributed by atoms with Crippen molar-refractivity contribution in [2.24, 2.45) is 5.73 Å². The Balaban J connectivity index is 2.53.